The van der Waals surface area contributed by atoms with Gasteiger partial charge in [0.25, 0.3) is 0 Å². The lowest BCUT2D eigenvalue weighted by Gasteiger charge is -2.20. The average molecular weight is 308 g/mol. The molecule has 0 aliphatic carbocycles. The smallest absolute Gasteiger partial charge is 0.373 e. The Hall–Kier alpha value is -2.01. The van der Waals surface area contributed by atoms with Crippen LogP contribution >= 0.6 is 0 Å². The molecule has 0 aliphatic rings. The van der Waals surface area contributed by atoms with E-state index >= 15 is 0 Å². The largest absolute Gasteiger partial charge is 0.416 e. The van der Waals surface area contributed by atoms with E-state index in [0.29, 0.717) is 6.54 Å². The summed E-state index contributed by atoms with van der Waals surface area (Å²) < 4.78 is 38.6. The topological polar surface area (TPSA) is 15.3 Å². The summed E-state index contributed by atoms with van der Waals surface area (Å²) in [4.78, 5) is 2.06. The van der Waals surface area contributed by atoms with Gasteiger partial charge in [-0.05, 0) is 23.8 Å². The van der Waals surface area contributed by atoms with Gasteiger partial charge in [-0.15, -0.1) is 0 Å². The normalized spacial score (nSPS) is 11.5. The predicted octanol–water partition coefficient (Wildman–Crippen LogP) is 3.93. The van der Waals surface area contributed by atoms with Crippen LogP contribution in [0.2, 0.25) is 0 Å². The van der Waals surface area contributed by atoms with Crippen LogP contribution in [-0.4, -0.2) is 20.1 Å². The first kappa shape index (κ1) is 16.4. The number of likely N-dealkylation sites (N-methyl/N-ethyl adjacent to an activating group) is 1. The van der Waals surface area contributed by atoms with E-state index in [1.54, 1.807) is 6.07 Å². The van der Waals surface area contributed by atoms with Crippen LogP contribution in [-0.2, 0) is 12.7 Å². The Kier molecular flexibility index (Phi) is 5.44. The van der Waals surface area contributed by atoms with Crippen molar-refractivity contribution in [3.05, 3.63) is 65.7 Å². The Morgan fingerprint density at radius 1 is 0.955 bits per heavy atom. The van der Waals surface area contributed by atoms with Crippen molar-refractivity contribution in [2.24, 2.45) is 0 Å². The monoisotopic (exact) mass is 308 g/mol. The molecule has 22 heavy (non-hydrogen) atoms. The van der Waals surface area contributed by atoms with Gasteiger partial charge in [0.15, 0.2) is 0 Å². The third kappa shape index (κ3) is 4.49. The van der Waals surface area contributed by atoms with Gasteiger partial charge in [0.2, 0.25) is 0 Å². The van der Waals surface area contributed by atoms with Crippen LogP contribution in [0.3, 0.4) is 0 Å². The number of para-hydroxylation sites is 1. The van der Waals surface area contributed by atoms with Crippen molar-refractivity contribution in [3.63, 3.8) is 0 Å². The van der Waals surface area contributed by atoms with Gasteiger partial charge in [0, 0.05) is 32.4 Å². The molecule has 0 amide bonds. The van der Waals surface area contributed by atoms with Gasteiger partial charge in [-0.25, -0.2) is 0 Å². The van der Waals surface area contributed by atoms with Gasteiger partial charge in [-0.1, -0.05) is 36.4 Å². The minimum Gasteiger partial charge on any atom is -0.373 e. The first-order valence-electron chi connectivity index (χ1n) is 7.10. The van der Waals surface area contributed by atoms with Crippen molar-refractivity contribution in [2.45, 2.75) is 12.7 Å². The van der Waals surface area contributed by atoms with Crippen LogP contribution in [0.1, 0.15) is 11.1 Å². The Bertz CT molecular complexity index is 582. The molecule has 0 radical (unpaired) electrons. The van der Waals surface area contributed by atoms with E-state index in [1.165, 1.54) is 12.1 Å². The number of halogens is 3. The number of nitrogens with one attached hydrogen (secondary N) is 1. The average Bonchev–Trinajstić information content (AvgIpc) is 2.51. The molecule has 2 nitrogen and oxygen atoms in total. The Morgan fingerprint density at radius 2 is 1.59 bits per heavy atom. The van der Waals surface area contributed by atoms with Crippen molar-refractivity contribution in [3.8, 4) is 0 Å². The molecule has 2 aromatic rings. The van der Waals surface area contributed by atoms with Gasteiger partial charge in [-0.2, -0.15) is 13.2 Å². The van der Waals surface area contributed by atoms with Crippen molar-refractivity contribution < 1.29 is 13.2 Å². The fourth-order valence-electron chi connectivity index (χ4n) is 2.23. The summed E-state index contributed by atoms with van der Waals surface area (Å²) >= 11 is 0. The molecule has 0 spiro atoms. The quantitative estimate of drug-likeness (QED) is 0.813. The number of benzene rings is 2. The lowest BCUT2D eigenvalue weighted by molar-refractivity contribution is -0.138. The molecule has 0 aliphatic heterocycles. The van der Waals surface area contributed by atoms with Crippen molar-refractivity contribution in [1.29, 1.82) is 0 Å². The van der Waals surface area contributed by atoms with E-state index in [-0.39, 0.29) is 12.1 Å². The minimum atomic E-state index is -4.31. The highest BCUT2D eigenvalue weighted by Gasteiger charge is 2.32. The van der Waals surface area contributed by atoms with Crippen LogP contribution in [0.15, 0.2) is 54.6 Å². The van der Waals surface area contributed by atoms with E-state index in [9.17, 15) is 13.2 Å². The van der Waals surface area contributed by atoms with Crippen molar-refractivity contribution in [2.75, 3.05) is 25.0 Å². The zero-order valence-electron chi connectivity index (χ0n) is 12.4. The number of hydrogen-bond donors (Lipinski definition) is 1. The molecule has 0 bridgehead atoms. The first-order valence-corrected chi connectivity index (χ1v) is 7.10. The molecular formula is C17H19F3N2. The molecule has 2 rings (SSSR count). The van der Waals surface area contributed by atoms with Gasteiger partial charge < -0.3 is 10.2 Å². The number of anilines is 1. The lowest BCUT2D eigenvalue weighted by Crippen LogP contribution is -2.29. The molecule has 0 atom stereocenters. The molecule has 0 saturated carbocycles. The van der Waals surface area contributed by atoms with Crippen molar-refractivity contribution in [1.82, 2.24) is 5.32 Å². The fraction of sp³-hybridized carbons (Fsp3) is 0.294. The van der Waals surface area contributed by atoms with E-state index in [0.717, 1.165) is 18.3 Å². The molecule has 1 N–H and O–H groups in total. The SMILES string of the molecule is CN(CCNCc1ccccc1C(F)(F)F)c1ccccc1. The highest BCUT2D eigenvalue weighted by Crippen LogP contribution is 2.31. The van der Waals surface area contributed by atoms with E-state index in [2.05, 4.69) is 10.2 Å². The lowest BCUT2D eigenvalue weighted by atomic mass is 10.1. The minimum absolute atomic E-state index is 0.207. The highest BCUT2D eigenvalue weighted by atomic mass is 19.4. The Morgan fingerprint density at radius 3 is 2.27 bits per heavy atom. The third-order valence-electron chi connectivity index (χ3n) is 3.46. The zero-order chi connectivity index (χ0) is 16.0. The molecule has 5 heteroatoms. The number of alkyl halides is 3. The number of hydrogen-bond acceptors (Lipinski definition) is 2. The maximum atomic E-state index is 12.9. The van der Waals surface area contributed by atoms with Crippen LogP contribution in [0.5, 0.6) is 0 Å². The molecule has 0 saturated heterocycles. The Balaban J connectivity index is 1.85. The van der Waals surface area contributed by atoms with Crippen molar-refractivity contribution >= 4 is 5.69 Å². The van der Waals surface area contributed by atoms with Crippen LogP contribution in [0.4, 0.5) is 18.9 Å². The molecule has 118 valence electrons. The van der Waals surface area contributed by atoms with E-state index in [1.807, 2.05) is 37.4 Å². The second-order valence-corrected chi connectivity index (χ2v) is 5.09. The van der Waals surface area contributed by atoms with Gasteiger partial charge >= 0.3 is 6.18 Å². The summed E-state index contributed by atoms with van der Waals surface area (Å²) in [6.45, 7) is 1.54. The van der Waals surface area contributed by atoms with Crippen LogP contribution in [0, 0.1) is 0 Å². The maximum Gasteiger partial charge on any atom is 0.416 e. The first-order chi connectivity index (χ1) is 10.5. The Labute approximate surface area is 128 Å². The third-order valence-corrected chi connectivity index (χ3v) is 3.46. The van der Waals surface area contributed by atoms with E-state index < -0.39 is 11.7 Å². The summed E-state index contributed by atoms with van der Waals surface area (Å²) in [7, 11) is 1.96. The molecule has 2 aromatic carbocycles. The van der Waals surface area contributed by atoms with Crippen LogP contribution < -0.4 is 10.2 Å². The zero-order valence-corrected chi connectivity index (χ0v) is 12.4. The summed E-state index contributed by atoms with van der Waals surface area (Å²) in [5.41, 5.74) is 0.788. The van der Waals surface area contributed by atoms with E-state index in [4.69, 9.17) is 0 Å². The summed E-state index contributed by atoms with van der Waals surface area (Å²) in [5, 5.41) is 3.07. The molecule has 0 heterocycles. The van der Waals surface area contributed by atoms with Gasteiger partial charge in [0.1, 0.15) is 0 Å². The molecule has 0 aromatic heterocycles. The second-order valence-electron chi connectivity index (χ2n) is 5.09. The number of nitrogens with zero attached hydrogens (tertiary/aromatic N) is 1. The fourth-order valence-corrected chi connectivity index (χ4v) is 2.23. The predicted molar refractivity (Wildman–Crippen MR) is 82.9 cm³/mol. The molecule has 0 fully saturated rings. The second kappa shape index (κ2) is 7.31. The summed E-state index contributed by atoms with van der Waals surface area (Å²) in [5.74, 6) is 0. The highest BCUT2D eigenvalue weighted by molar-refractivity contribution is 5.44. The molecule has 0 unspecified atom stereocenters. The number of rotatable bonds is 6. The maximum absolute atomic E-state index is 12.9. The van der Waals surface area contributed by atoms with Gasteiger partial charge in [-0.3, -0.25) is 0 Å². The van der Waals surface area contributed by atoms with Gasteiger partial charge in [0.05, 0.1) is 5.56 Å². The summed E-state index contributed by atoms with van der Waals surface area (Å²) in [6, 6.07) is 15.5. The standard InChI is InChI=1S/C17H19F3N2/c1-22(15-8-3-2-4-9-15)12-11-21-13-14-7-5-6-10-16(14)17(18,19)20/h2-10,21H,11-13H2,1H3. The molecular weight excluding hydrogens is 289 g/mol. The van der Waals surface area contributed by atoms with Crippen LogP contribution in [0.25, 0.3) is 0 Å². The summed E-state index contributed by atoms with van der Waals surface area (Å²) in [6.07, 6.45) is -4.31.